The van der Waals surface area contributed by atoms with Crippen LogP contribution >= 0.6 is 22.9 Å². The summed E-state index contributed by atoms with van der Waals surface area (Å²) in [5.74, 6) is 6.94. The minimum atomic E-state index is 0.536. The van der Waals surface area contributed by atoms with Crippen LogP contribution in [0.2, 0.25) is 4.34 Å². The van der Waals surface area contributed by atoms with Gasteiger partial charge in [-0.1, -0.05) is 29.8 Å². The van der Waals surface area contributed by atoms with Gasteiger partial charge in [-0.15, -0.1) is 11.3 Å². The Morgan fingerprint density at radius 2 is 2.09 bits per heavy atom. The molecule has 23 heavy (non-hydrogen) atoms. The molecule has 0 atom stereocenters. The molecule has 3 aromatic rings. The van der Waals surface area contributed by atoms with E-state index in [1.54, 1.807) is 11.3 Å². The number of hydrogen-bond acceptors (Lipinski definition) is 4. The summed E-state index contributed by atoms with van der Waals surface area (Å²) in [4.78, 5) is 8.96. The number of benzene rings is 1. The molecule has 0 amide bonds. The first-order chi connectivity index (χ1) is 11.1. The summed E-state index contributed by atoms with van der Waals surface area (Å²) >= 11 is 7.97. The number of fused-ring (bicyclic) bond motifs is 1. The maximum atomic E-state index is 6.40. The van der Waals surface area contributed by atoms with Crippen LogP contribution in [-0.4, -0.2) is 10.8 Å². The number of thiophene rings is 1. The average Bonchev–Trinajstić information content (AvgIpc) is 2.81. The Balaban J connectivity index is 1.98. The fourth-order valence-corrected chi connectivity index (χ4v) is 3.90. The molecule has 3 N–H and O–H groups in total. The predicted octanol–water partition coefficient (Wildman–Crippen LogP) is 4.30. The lowest BCUT2D eigenvalue weighted by Crippen LogP contribution is -2.31. The van der Waals surface area contributed by atoms with Crippen molar-refractivity contribution in [3.63, 3.8) is 0 Å². The summed E-state index contributed by atoms with van der Waals surface area (Å²) < 4.78 is 1.93. The minimum Gasteiger partial charge on any atom is -0.312 e. The Hall–Kier alpha value is -1.95. The first-order valence-electron chi connectivity index (χ1n) is 7.22. The Kier molecular flexibility index (Phi) is 4.61. The van der Waals surface area contributed by atoms with Crippen LogP contribution in [0.5, 0.6) is 0 Å². The van der Waals surface area contributed by atoms with Crippen LogP contribution in [0, 0.1) is 13.8 Å². The van der Waals surface area contributed by atoms with E-state index in [-0.39, 0.29) is 0 Å². The van der Waals surface area contributed by atoms with Gasteiger partial charge in [0.25, 0.3) is 0 Å². The quantitative estimate of drug-likeness (QED) is 0.322. The summed E-state index contributed by atoms with van der Waals surface area (Å²) in [6.45, 7) is 3.97. The molecule has 1 aromatic carbocycles. The van der Waals surface area contributed by atoms with Crippen molar-refractivity contribution in [3.8, 4) is 0 Å². The molecular weight excluding hydrogens is 328 g/mol. The molecule has 0 aliphatic rings. The van der Waals surface area contributed by atoms with Crippen LogP contribution in [0.25, 0.3) is 10.1 Å². The van der Waals surface area contributed by atoms with Crippen LogP contribution in [-0.2, 0) is 6.42 Å². The first kappa shape index (κ1) is 15.9. The lowest BCUT2D eigenvalue weighted by Gasteiger charge is -2.07. The second-order valence-electron chi connectivity index (χ2n) is 5.37. The van der Waals surface area contributed by atoms with Crippen LogP contribution in [0.3, 0.4) is 0 Å². The van der Waals surface area contributed by atoms with Gasteiger partial charge in [0.05, 0.1) is 4.34 Å². The van der Waals surface area contributed by atoms with Gasteiger partial charge in [0.15, 0.2) is 5.82 Å². The second kappa shape index (κ2) is 6.66. The van der Waals surface area contributed by atoms with E-state index in [0.29, 0.717) is 18.1 Å². The van der Waals surface area contributed by atoms with E-state index in [1.807, 2.05) is 38.1 Å². The minimum absolute atomic E-state index is 0.536. The van der Waals surface area contributed by atoms with Gasteiger partial charge < -0.3 is 5.43 Å². The number of halogens is 1. The van der Waals surface area contributed by atoms with Crippen molar-refractivity contribution in [2.45, 2.75) is 20.3 Å². The average molecular weight is 345 g/mol. The number of rotatable bonds is 3. The molecular formula is C17H17ClN4S. The summed E-state index contributed by atoms with van der Waals surface area (Å²) in [5, 5.41) is 1.14. The zero-order chi connectivity index (χ0) is 16.4. The number of amidine groups is 1. The van der Waals surface area contributed by atoms with Crippen LogP contribution in [0.4, 0.5) is 5.82 Å². The summed E-state index contributed by atoms with van der Waals surface area (Å²) in [5.41, 5.74) is 5.76. The Bertz CT molecular complexity index is 865. The number of hydrogen-bond donors (Lipinski definition) is 2. The molecule has 0 saturated heterocycles. The summed E-state index contributed by atoms with van der Waals surface area (Å²) in [6.07, 6.45) is 0.536. The third-order valence-electron chi connectivity index (χ3n) is 3.49. The Morgan fingerprint density at radius 1 is 1.30 bits per heavy atom. The van der Waals surface area contributed by atoms with E-state index in [0.717, 1.165) is 31.2 Å². The maximum Gasteiger partial charge on any atom is 0.154 e. The van der Waals surface area contributed by atoms with Crippen molar-refractivity contribution in [2.24, 2.45) is 10.8 Å². The smallest absolute Gasteiger partial charge is 0.154 e. The third kappa shape index (κ3) is 3.52. The molecule has 0 saturated carbocycles. The highest BCUT2D eigenvalue weighted by atomic mass is 35.5. The molecule has 0 aliphatic heterocycles. The van der Waals surface area contributed by atoms with Gasteiger partial charge >= 0.3 is 0 Å². The molecule has 0 bridgehead atoms. The second-order valence-corrected chi connectivity index (χ2v) is 7.03. The van der Waals surface area contributed by atoms with Gasteiger partial charge in [0, 0.05) is 16.8 Å². The molecule has 0 spiro atoms. The lowest BCUT2D eigenvalue weighted by atomic mass is 10.1. The number of pyridine rings is 1. The topological polar surface area (TPSA) is 63.3 Å². The third-order valence-corrected chi connectivity index (χ3v) is 4.95. The van der Waals surface area contributed by atoms with Crippen molar-refractivity contribution in [2.75, 3.05) is 0 Å². The van der Waals surface area contributed by atoms with Crippen LogP contribution in [0.1, 0.15) is 16.8 Å². The first-order valence-corrected chi connectivity index (χ1v) is 8.41. The number of nitrogens with zero attached hydrogens (tertiary/aromatic N) is 2. The van der Waals surface area contributed by atoms with Gasteiger partial charge in [-0.05, 0) is 48.6 Å². The highest BCUT2D eigenvalue weighted by molar-refractivity contribution is 7.22. The predicted molar refractivity (Wildman–Crippen MR) is 98.7 cm³/mol. The number of aliphatic imine (C=N–C) groups is 1. The van der Waals surface area contributed by atoms with E-state index in [2.05, 4.69) is 27.5 Å². The zero-order valence-corrected chi connectivity index (χ0v) is 14.5. The van der Waals surface area contributed by atoms with Gasteiger partial charge in [0.1, 0.15) is 5.84 Å². The van der Waals surface area contributed by atoms with Gasteiger partial charge in [-0.25, -0.2) is 15.8 Å². The fourth-order valence-electron chi connectivity index (χ4n) is 2.54. The standard InChI is InChI=1S/C17H17ClN4S/c1-10-7-11(2)20-15(8-10)21-16(22-19)9-13-12-5-3-4-6-14(12)23-17(13)18/h3-8H,9,19H2,1-2H3,(H,20,21,22). The maximum absolute atomic E-state index is 6.40. The molecule has 6 heteroatoms. The normalized spacial score (nSPS) is 11.9. The number of aryl methyl sites for hydroxylation is 2. The van der Waals surface area contributed by atoms with Crippen molar-refractivity contribution in [3.05, 3.63) is 57.6 Å². The molecule has 4 nitrogen and oxygen atoms in total. The van der Waals surface area contributed by atoms with Gasteiger partial charge in [0.2, 0.25) is 0 Å². The van der Waals surface area contributed by atoms with Crippen LogP contribution in [0.15, 0.2) is 41.4 Å². The van der Waals surface area contributed by atoms with Crippen molar-refractivity contribution in [1.82, 2.24) is 10.4 Å². The van der Waals surface area contributed by atoms with E-state index in [4.69, 9.17) is 17.4 Å². The zero-order valence-electron chi connectivity index (χ0n) is 12.9. The monoisotopic (exact) mass is 344 g/mol. The van der Waals surface area contributed by atoms with Crippen molar-refractivity contribution in [1.29, 1.82) is 0 Å². The molecule has 0 radical (unpaired) electrons. The fraction of sp³-hybridized carbons (Fsp3) is 0.176. The molecule has 2 heterocycles. The van der Waals surface area contributed by atoms with Crippen molar-refractivity contribution >= 4 is 44.7 Å². The molecule has 2 aromatic heterocycles. The molecule has 0 fully saturated rings. The number of hydrazine groups is 1. The van der Waals surface area contributed by atoms with Crippen LogP contribution < -0.4 is 11.3 Å². The molecule has 3 rings (SSSR count). The Morgan fingerprint density at radius 3 is 2.83 bits per heavy atom. The number of aromatic nitrogens is 1. The molecule has 0 unspecified atom stereocenters. The van der Waals surface area contributed by atoms with E-state index in [9.17, 15) is 0 Å². The van der Waals surface area contributed by atoms with Gasteiger partial charge in [-0.2, -0.15) is 0 Å². The van der Waals surface area contributed by atoms with Gasteiger partial charge in [-0.3, -0.25) is 0 Å². The van der Waals surface area contributed by atoms with Crippen molar-refractivity contribution < 1.29 is 0 Å². The largest absolute Gasteiger partial charge is 0.312 e. The molecule has 0 aliphatic carbocycles. The molecule has 118 valence electrons. The van der Waals surface area contributed by atoms with E-state index >= 15 is 0 Å². The highest BCUT2D eigenvalue weighted by Gasteiger charge is 2.13. The summed E-state index contributed by atoms with van der Waals surface area (Å²) in [7, 11) is 0. The van der Waals surface area contributed by atoms with E-state index in [1.165, 1.54) is 0 Å². The number of nitrogens with one attached hydrogen (secondary N) is 1. The SMILES string of the molecule is Cc1cc(C)nc(/N=C(/Cc2c(Cl)sc3ccccc23)NN)c1. The summed E-state index contributed by atoms with van der Waals surface area (Å²) in [6, 6.07) is 12.1. The highest BCUT2D eigenvalue weighted by Crippen LogP contribution is 2.35. The van der Waals surface area contributed by atoms with E-state index < -0.39 is 0 Å². The number of nitrogens with two attached hydrogens (primary N) is 1. The Labute approximate surface area is 144 Å². The lowest BCUT2D eigenvalue weighted by molar-refractivity contribution is 0.985.